The minimum Gasteiger partial charge on any atom is -0.449 e. The molecule has 8 heteroatoms. The Bertz CT molecular complexity index is 1380. The third kappa shape index (κ3) is 4.72. The van der Waals surface area contributed by atoms with Crippen molar-refractivity contribution >= 4 is 23.0 Å². The second kappa shape index (κ2) is 9.54. The van der Waals surface area contributed by atoms with E-state index in [2.05, 4.69) is 39.9 Å². The Balaban J connectivity index is 1.32. The van der Waals surface area contributed by atoms with E-state index in [0.717, 1.165) is 22.3 Å². The Morgan fingerprint density at radius 3 is 2.22 bits per heavy atom. The van der Waals surface area contributed by atoms with Crippen LogP contribution in [0.5, 0.6) is 0 Å². The molecule has 36 heavy (non-hydrogen) atoms. The molecule has 5 rings (SSSR count). The van der Waals surface area contributed by atoms with Crippen molar-refractivity contribution in [1.29, 1.82) is 0 Å². The van der Waals surface area contributed by atoms with E-state index in [0.29, 0.717) is 11.0 Å². The molecule has 0 radical (unpaired) electrons. The first kappa shape index (κ1) is 23.7. The van der Waals surface area contributed by atoms with Gasteiger partial charge >= 0.3 is 6.09 Å². The van der Waals surface area contributed by atoms with Gasteiger partial charge in [0.1, 0.15) is 18.2 Å². The lowest BCUT2D eigenvalue weighted by Gasteiger charge is -2.24. The lowest BCUT2D eigenvalue weighted by Crippen LogP contribution is -2.48. The molecule has 1 N–H and O–H groups in total. The summed E-state index contributed by atoms with van der Waals surface area (Å²) in [5.74, 6) is -0.538. The SMILES string of the molecule is CC(C)(C)OC[C@H](NC(=O)OCC1c2ccccc2-c2ccccc21)C(=O)n1nnc2ccccc21. The molecule has 0 fully saturated rings. The summed E-state index contributed by atoms with van der Waals surface area (Å²) in [6.07, 6.45) is -0.697. The van der Waals surface area contributed by atoms with Gasteiger partial charge in [-0.25, -0.2) is 4.79 Å². The number of carbonyl (C=O) groups is 2. The highest BCUT2D eigenvalue weighted by Gasteiger charge is 2.31. The monoisotopic (exact) mass is 484 g/mol. The molecule has 0 bridgehead atoms. The zero-order chi connectivity index (χ0) is 25.3. The maximum absolute atomic E-state index is 13.4. The molecule has 1 aliphatic carbocycles. The molecule has 4 aromatic rings. The second-order valence-electron chi connectivity index (χ2n) is 9.77. The summed E-state index contributed by atoms with van der Waals surface area (Å²) >= 11 is 0. The standard InChI is InChI=1S/C28H28N4O4/c1-28(2,3)36-17-24(26(33)32-25-15-9-8-14-23(25)30-31-32)29-27(34)35-16-22-20-12-6-4-10-18(20)19-11-5-7-13-21(19)22/h4-15,22,24H,16-17H2,1-3H3,(H,29,34)/t24-/m0/s1. The van der Waals surface area contributed by atoms with Gasteiger partial charge in [0.05, 0.1) is 17.7 Å². The number of aromatic nitrogens is 3. The van der Waals surface area contributed by atoms with Gasteiger partial charge in [0, 0.05) is 5.92 Å². The molecule has 1 aliphatic rings. The average molecular weight is 485 g/mol. The third-order valence-corrected chi connectivity index (χ3v) is 6.18. The highest BCUT2D eigenvalue weighted by molar-refractivity contribution is 5.93. The second-order valence-corrected chi connectivity index (χ2v) is 9.77. The largest absolute Gasteiger partial charge is 0.449 e. The fourth-order valence-corrected chi connectivity index (χ4v) is 4.47. The van der Waals surface area contributed by atoms with Crippen molar-refractivity contribution in [2.24, 2.45) is 0 Å². The fourth-order valence-electron chi connectivity index (χ4n) is 4.47. The zero-order valence-corrected chi connectivity index (χ0v) is 20.5. The molecule has 0 aliphatic heterocycles. The number of hydrogen-bond donors (Lipinski definition) is 1. The van der Waals surface area contributed by atoms with Crippen LogP contribution in [-0.2, 0) is 9.47 Å². The van der Waals surface area contributed by atoms with Crippen molar-refractivity contribution in [1.82, 2.24) is 20.3 Å². The number of hydrogen-bond acceptors (Lipinski definition) is 6. The maximum atomic E-state index is 13.4. The van der Waals surface area contributed by atoms with Gasteiger partial charge in [-0.05, 0) is 55.2 Å². The van der Waals surface area contributed by atoms with Crippen LogP contribution in [0, 0.1) is 0 Å². The van der Waals surface area contributed by atoms with Crippen LogP contribution in [0.2, 0.25) is 0 Å². The summed E-state index contributed by atoms with van der Waals surface area (Å²) in [6, 6.07) is 22.4. The molecule has 0 saturated carbocycles. The topological polar surface area (TPSA) is 95.3 Å². The van der Waals surface area contributed by atoms with Crippen molar-refractivity contribution in [3.63, 3.8) is 0 Å². The van der Waals surface area contributed by atoms with Crippen LogP contribution in [0.3, 0.4) is 0 Å². The number of nitrogens with zero attached hydrogens (tertiary/aromatic N) is 3. The van der Waals surface area contributed by atoms with Crippen LogP contribution in [0.1, 0.15) is 42.6 Å². The molecule has 0 spiro atoms. The van der Waals surface area contributed by atoms with Gasteiger partial charge in [0.25, 0.3) is 5.91 Å². The predicted molar refractivity (Wildman–Crippen MR) is 136 cm³/mol. The number of rotatable bonds is 6. The summed E-state index contributed by atoms with van der Waals surface area (Å²) in [4.78, 5) is 26.3. The molecule has 8 nitrogen and oxygen atoms in total. The first-order chi connectivity index (χ1) is 17.3. The Morgan fingerprint density at radius 1 is 0.944 bits per heavy atom. The fraction of sp³-hybridized carbons (Fsp3) is 0.286. The summed E-state index contributed by atoms with van der Waals surface area (Å²) in [5, 5.41) is 10.7. The molecular formula is C28H28N4O4. The van der Waals surface area contributed by atoms with Crippen molar-refractivity contribution in [2.45, 2.75) is 38.3 Å². The third-order valence-electron chi connectivity index (χ3n) is 6.18. The number of carbonyl (C=O) groups excluding carboxylic acids is 2. The van der Waals surface area contributed by atoms with E-state index in [4.69, 9.17) is 9.47 Å². The predicted octanol–water partition coefficient (Wildman–Crippen LogP) is 4.79. The normalized spacial score (nSPS) is 13.8. The lowest BCUT2D eigenvalue weighted by molar-refractivity contribution is -0.0133. The minimum absolute atomic E-state index is 0.0410. The van der Waals surface area contributed by atoms with Gasteiger partial charge in [-0.2, -0.15) is 4.68 Å². The first-order valence-corrected chi connectivity index (χ1v) is 11.9. The molecule has 3 aromatic carbocycles. The highest BCUT2D eigenvalue weighted by Crippen LogP contribution is 2.44. The van der Waals surface area contributed by atoms with Gasteiger partial charge in [0.15, 0.2) is 0 Å². The zero-order valence-electron chi connectivity index (χ0n) is 20.5. The van der Waals surface area contributed by atoms with E-state index in [9.17, 15) is 9.59 Å². The molecular weight excluding hydrogens is 456 g/mol. The van der Waals surface area contributed by atoms with Crippen LogP contribution >= 0.6 is 0 Å². The highest BCUT2D eigenvalue weighted by atomic mass is 16.5. The molecule has 184 valence electrons. The van der Waals surface area contributed by atoms with E-state index in [-0.39, 0.29) is 19.1 Å². The van der Waals surface area contributed by atoms with Gasteiger partial charge in [-0.1, -0.05) is 65.9 Å². The smallest absolute Gasteiger partial charge is 0.407 e. The van der Waals surface area contributed by atoms with Gasteiger partial charge in [-0.15, -0.1) is 5.10 Å². The number of fused-ring (bicyclic) bond motifs is 4. The molecule has 0 saturated heterocycles. The van der Waals surface area contributed by atoms with Crippen molar-refractivity contribution in [3.8, 4) is 11.1 Å². The molecule has 1 atom stereocenters. The van der Waals surface area contributed by atoms with Crippen LogP contribution in [0.15, 0.2) is 72.8 Å². The van der Waals surface area contributed by atoms with Crippen LogP contribution in [0.4, 0.5) is 4.79 Å². The average Bonchev–Trinajstić information content (AvgIpc) is 3.44. The van der Waals surface area contributed by atoms with Gasteiger partial charge in [0.2, 0.25) is 0 Å². The van der Waals surface area contributed by atoms with Gasteiger partial charge in [-0.3, -0.25) is 4.79 Å². The van der Waals surface area contributed by atoms with Crippen LogP contribution in [-0.4, -0.2) is 51.9 Å². The maximum Gasteiger partial charge on any atom is 0.407 e. The summed E-state index contributed by atoms with van der Waals surface area (Å²) in [6.45, 7) is 5.75. The quantitative estimate of drug-likeness (QED) is 0.423. The van der Waals surface area contributed by atoms with Gasteiger partial charge < -0.3 is 14.8 Å². The molecule has 1 aromatic heterocycles. The Labute approximate surface area is 209 Å². The number of nitrogens with one attached hydrogen (secondary N) is 1. The van der Waals surface area contributed by atoms with E-state index in [1.165, 1.54) is 4.68 Å². The Kier molecular flexibility index (Phi) is 6.28. The Hall–Kier alpha value is -4.04. The van der Waals surface area contributed by atoms with Crippen molar-refractivity contribution < 1.29 is 19.1 Å². The minimum atomic E-state index is -1.01. The Morgan fingerprint density at radius 2 is 1.56 bits per heavy atom. The number of alkyl carbamates (subject to hydrolysis) is 1. The molecule has 1 amide bonds. The summed E-state index contributed by atoms with van der Waals surface area (Å²) in [5.41, 5.74) is 5.15. The van der Waals surface area contributed by atoms with E-state index >= 15 is 0 Å². The van der Waals surface area contributed by atoms with E-state index in [1.54, 1.807) is 18.2 Å². The number of ether oxygens (including phenoxy) is 2. The van der Waals surface area contributed by atoms with Crippen molar-refractivity contribution in [3.05, 3.63) is 83.9 Å². The van der Waals surface area contributed by atoms with Crippen LogP contribution in [0.25, 0.3) is 22.2 Å². The summed E-state index contributed by atoms with van der Waals surface area (Å²) in [7, 11) is 0. The lowest BCUT2D eigenvalue weighted by atomic mass is 9.98. The number of amides is 1. The molecule has 1 heterocycles. The van der Waals surface area contributed by atoms with E-state index in [1.807, 2.05) is 51.1 Å². The first-order valence-electron chi connectivity index (χ1n) is 11.9. The van der Waals surface area contributed by atoms with Crippen molar-refractivity contribution in [2.75, 3.05) is 13.2 Å². The van der Waals surface area contributed by atoms with E-state index < -0.39 is 23.6 Å². The molecule has 0 unspecified atom stereocenters. The summed E-state index contributed by atoms with van der Waals surface area (Å²) < 4.78 is 12.7. The number of benzene rings is 3. The van der Waals surface area contributed by atoms with Crippen LogP contribution < -0.4 is 5.32 Å². The number of para-hydroxylation sites is 1.